The van der Waals surface area contributed by atoms with Gasteiger partial charge in [-0.3, -0.25) is 4.68 Å². The van der Waals surface area contributed by atoms with Crippen molar-refractivity contribution >= 4 is 5.82 Å². The Balaban J connectivity index is 1.75. The average molecular weight is 230 g/mol. The molecule has 0 aromatic carbocycles. The lowest BCUT2D eigenvalue weighted by Gasteiger charge is -2.07. The molecule has 3 rings (SSSR count). The van der Waals surface area contributed by atoms with E-state index in [2.05, 4.69) is 25.4 Å². The van der Waals surface area contributed by atoms with Crippen LogP contribution in [0.15, 0.2) is 12.7 Å². The first-order valence-electron chi connectivity index (χ1n) is 5.74. The summed E-state index contributed by atoms with van der Waals surface area (Å²) in [6.07, 6.45) is 6.62. The van der Waals surface area contributed by atoms with E-state index in [1.165, 1.54) is 17.7 Å². The van der Waals surface area contributed by atoms with Gasteiger partial charge in [-0.1, -0.05) is 0 Å². The van der Waals surface area contributed by atoms with Crippen molar-refractivity contribution in [1.82, 2.24) is 24.7 Å². The van der Waals surface area contributed by atoms with Crippen molar-refractivity contribution in [2.75, 3.05) is 5.32 Å². The normalized spacial score (nSPS) is 13.7. The van der Waals surface area contributed by atoms with Gasteiger partial charge in [0.05, 0.1) is 6.54 Å². The third kappa shape index (κ3) is 1.98. The molecule has 0 amide bonds. The number of aromatic nitrogens is 5. The molecule has 0 fully saturated rings. The van der Waals surface area contributed by atoms with Crippen molar-refractivity contribution in [1.29, 1.82) is 0 Å². The molecule has 2 heterocycles. The lowest BCUT2D eigenvalue weighted by atomic mass is 10.2. The molecule has 0 unspecified atom stereocenters. The lowest BCUT2D eigenvalue weighted by molar-refractivity contribution is 0.746. The molecule has 88 valence electrons. The fraction of sp³-hybridized carbons (Fsp3) is 0.455. The van der Waals surface area contributed by atoms with E-state index >= 15 is 0 Å². The highest BCUT2D eigenvalue weighted by atomic mass is 15.3. The summed E-state index contributed by atoms with van der Waals surface area (Å²) >= 11 is 0. The maximum absolute atomic E-state index is 4.29. The highest BCUT2D eigenvalue weighted by Gasteiger charge is 2.16. The van der Waals surface area contributed by atoms with Gasteiger partial charge in [-0.05, 0) is 19.3 Å². The van der Waals surface area contributed by atoms with E-state index in [0.717, 1.165) is 24.5 Å². The summed E-state index contributed by atoms with van der Waals surface area (Å²) in [5.41, 5.74) is 2.43. The molecule has 17 heavy (non-hydrogen) atoms. The SMILES string of the molecule is Cn1cnc(CNc2ncnc3c2CCC3)n1. The van der Waals surface area contributed by atoms with Crippen LogP contribution in [0.25, 0.3) is 0 Å². The molecule has 0 saturated carbocycles. The maximum Gasteiger partial charge on any atom is 0.169 e. The van der Waals surface area contributed by atoms with Gasteiger partial charge in [0.2, 0.25) is 0 Å². The average Bonchev–Trinajstić information content (AvgIpc) is 2.94. The Bertz CT molecular complexity index is 533. The van der Waals surface area contributed by atoms with Gasteiger partial charge < -0.3 is 5.32 Å². The van der Waals surface area contributed by atoms with E-state index < -0.39 is 0 Å². The van der Waals surface area contributed by atoms with Gasteiger partial charge in [-0.2, -0.15) is 5.10 Å². The molecule has 0 radical (unpaired) electrons. The molecule has 0 atom stereocenters. The van der Waals surface area contributed by atoms with Crippen LogP contribution >= 0.6 is 0 Å². The molecule has 0 aliphatic heterocycles. The minimum atomic E-state index is 0.601. The van der Waals surface area contributed by atoms with Gasteiger partial charge in [-0.15, -0.1) is 0 Å². The van der Waals surface area contributed by atoms with Crippen molar-refractivity contribution in [3.8, 4) is 0 Å². The molecule has 2 aromatic heterocycles. The molecular formula is C11H14N6. The quantitative estimate of drug-likeness (QED) is 0.840. The third-order valence-corrected chi connectivity index (χ3v) is 2.94. The van der Waals surface area contributed by atoms with Crippen molar-refractivity contribution in [3.05, 3.63) is 29.7 Å². The Hall–Kier alpha value is -1.98. The first-order valence-corrected chi connectivity index (χ1v) is 5.74. The van der Waals surface area contributed by atoms with E-state index in [1.54, 1.807) is 17.3 Å². The van der Waals surface area contributed by atoms with Crippen LogP contribution in [0, 0.1) is 0 Å². The first kappa shape index (κ1) is 10.2. The van der Waals surface area contributed by atoms with E-state index in [1.807, 2.05) is 7.05 Å². The van der Waals surface area contributed by atoms with Crippen LogP contribution in [0.2, 0.25) is 0 Å². The molecule has 1 aliphatic rings. The fourth-order valence-electron chi connectivity index (χ4n) is 2.14. The smallest absolute Gasteiger partial charge is 0.169 e. The van der Waals surface area contributed by atoms with Crippen LogP contribution in [0.5, 0.6) is 0 Å². The number of hydrogen-bond donors (Lipinski definition) is 1. The van der Waals surface area contributed by atoms with Crippen LogP contribution in [-0.4, -0.2) is 24.7 Å². The van der Waals surface area contributed by atoms with Crippen LogP contribution in [0.4, 0.5) is 5.82 Å². The second-order valence-corrected chi connectivity index (χ2v) is 4.19. The number of fused-ring (bicyclic) bond motifs is 1. The van der Waals surface area contributed by atoms with Crippen molar-refractivity contribution in [3.63, 3.8) is 0 Å². The number of nitrogens with one attached hydrogen (secondary N) is 1. The van der Waals surface area contributed by atoms with Gasteiger partial charge in [0.25, 0.3) is 0 Å². The molecule has 2 aromatic rings. The van der Waals surface area contributed by atoms with E-state index in [4.69, 9.17) is 0 Å². The van der Waals surface area contributed by atoms with Crippen molar-refractivity contribution < 1.29 is 0 Å². The van der Waals surface area contributed by atoms with Gasteiger partial charge in [0.1, 0.15) is 18.5 Å². The lowest BCUT2D eigenvalue weighted by Crippen LogP contribution is -2.07. The molecule has 1 aliphatic carbocycles. The summed E-state index contributed by atoms with van der Waals surface area (Å²) in [4.78, 5) is 12.8. The molecule has 0 spiro atoms. The number of hydrogen-bond acceptors (Lipinski definition) is 5. The maximum atomic E-state index is 4.29. The minimum absolute atomic E-state index is 0.601. The fourth-order valence-corrected chi connectivity index (χ4v) is 2.14. The predicted molar refractivity (Wildman–Crippen MR) is 62.4 cm³/mol. The Morgan fingerprint density at radius 3 is 3.06 bits per heavy atom. The van der Waals surface area contributed by atoms with Gasteiger partial charge >= 0.3 is 0 Å². The highest BCUT2D eigenvalue weighted by Crippen LogP contribution is 2.25. The zero-order valence-corrected chi connectivity index (χ0v) is 9.72. The zero-order chi connectivity index (χ0) is 11.7. The number of rotatable bonds is 3. The third-order valence-electron chi connectivity index (χ3n) is 2.94. The zero-order valence-electron chi connectivity index (χ0n) is 9.72. The second-order valence-electron chi connectivity index (χ2n) is 4.19. The molecule has 6 heteroatoms. The molecule has 6 nitrogen and oxygen atoms in total. The van der Waals surface area contributed by atoms with E-state index in [-0.39, 0.29) is 0 Å². The molecule has 0 saturated heterocycles. The molecule has 1 N–H and O–H groups in total. The van der Waals surface area contributed by atoms with Crippen molar-refractivity contribution in [2.24, 2.45) is 7.05 Å². The summed E-state index contributed by atoms with van der Waals surface area (Å²) in [6.45, 7) is 0.601. The largest absolute Gasteiger partial charge is 0.362 e. The van der Waals surface area contributed by atoms with Crippen LogP contribution in [0.1, 0.15) is 23.5 Å². The Labute approximate surface area is 99.1 Å². The Kier molecular flexibility index (Phi) is 2.47. The first-order chi connectivity index (χ1) is 8.33. The summed E-state index contributed by atoms with van der Waals surface area (Å²) in [5.74, 6) is 1.71. The summed E-state index contributed by atoms with van der Waals surface area (Å²) in [5, 5.41) is 7.50. The Morgan fingerprint density at radius 1 is 1.29 bits per heavy atom. The summed E-state index contributed by atoms with van der Waals surface area (Å²) in [6, 6.07) is 0. The number of anilines is 1. The minimum Gasteiger partial charge on any atom is -0.362 e. The van der Waals surface area contributed by atoms with Crippen LogP contribution < -0.4 is 5.32 Å². The second kappa shape index (κ2) is 4.12. The molecular weight excluding hydrogens is 216 g/mol. The Morgan fingerprint density at radius 2 is 2.24 bits per heavy atom. The van der Waals surface area contributed by atoms with Gasteiger partial charge in [0, 0.05) is 18.3 Å². The van der Waals surface area contributed by atoms with E-state index in [0.29, 0.717) is 6.54 Å². The summed E-state index contributed by atoms with van der Waals surface area (Å²) in [7, 11) is 1.86. The van der Waals surface area contributed by atoms with E-state index in [9.17, 15) is 0 Å². The number of aryl methyl sites for hydroxylation is 2. The van der Waals surface area contributed by atoms with Crippen molar-refractivity contribution in [2.45, 2.75) is 25.8 Å². The van der Waals surface area contributed by atoms with Crippen LogP contribution in [-0.2, 0) is 26.4 Å². The number of nitrogens with zero attached hydrogens (tertiary/aromatic N) is 5. The van der Waals surface area contributed by atoms with Gasteiger partial charge in [0.15, 0.2) is 5.82 Å². The monoisotopic (exact) mass is 230 g/mol. The summed E-state index contributed by atoms with van der Waals surface area (Å²) < 4.78 is 1.70. The molecule has 0 bridgehead atoms. The van der Waals surface area contributed by atoms with Crippen LogP contribution in [0.3, 0.4) is 0 Å². The predicted octanol–water partition coefficient (Wildman–Crippen LogP) is 0.706. The van der Waals surface area contributed by atoms with Gasteiger partial charge in [-0.25, -0.2) is 15.0 Å². The standard InChI is InChI=1S/C11H14N6/c1-17-7-15-10(16-17)5-12-11-8-3-2-4-9(8)13-6-14-11/h6-7H,2-5H2,1H3,(H,12,13,14). The topological polar surface area (TPSA) is 68.5 Å². The highest BCUT2D eigenvalue weighted by molar-refractivity contribution is 5.47.